The third kappa shape index (κ3) is 7.50. The van der Waals surface area contributed by atoms with Gasteiger partial charge in [-0.05, 0) is 12.3 Å². The molecule has 14 heavy (non-hydrogen) atoms. The van der Waals surface area contributed by atoms with Crippen molar-refractivity contribution in [1.29, 1.82) is 0 Å². The van der Waals surface area contributed by atoms with Gasteiger partial charge in [-0.1, -0.05) is 59.3 Å². The summed E-state index contributed by atoms with van der Waals surface area (Å²) in [5.41, 5.74) is 0.390. The summed E-state index contributed by atoms with van der Waals surface area (Å²) in [5.74, 6) is 0.560. The highest BCUT2D eigenvalue weighted by atomic mass is 31.1. The van der Waals surface area contributed by atoms with Crippen LogP contribution in [0.5, 0.6) is 0 Å². The second-order valence-corrected chi connectivity index (χ2v) is 5.35. The highest BCUT2D eigenvalue weighted by molar-refractivity contribution is 7.24. The summed E-state index contributed by atoms with van der Waals surface area (Å²) in [7, 11) is 0.344. The van der Waals surface area contributed by atoms with E-state index >= 15 is 0 Å². The van der Waals surface area contributed by atoms with Crippen LogP contribution in [0, 0.1) is 5.92 Å². The summed E-state index contributed by atoms with van der Waals surface area (Å²) in [6.07, 6.45) is 9.11. The van der Waals surface area contributed by atoms with Gasteiger partial charge >= 0.3 is 0 Å². The van der Waals surface area contributed by atoms with E-state index in [-0.39, 0.29) is 0 Å². The third-order valence-electron chi connectivity index (χ3n) is 2.76. The van der Waals surface area contributed by atoms with E-state index in [9.17, 15) is 4.57 Å². The quantitative estimate of drug-likeness (QED) is 0.389. The first kappa shape index (κ1) is 14.1. The molecule has 1 unspecified atom stereocenters. The van der Waals surface area contributed by atoms with Gasteiger partial charge in [-0.2, -0.15) is 0 Å². The van der Waals surface area contributed by atoms with Crippen LogP contribution in [0.4, 0.5) is 0 Å². The predicted molar refractivity (Wildman–Crippen MR) is 64.2 cm³/mol. The van der Waals surface area contributed by atoms with Crippen molar-refractivity contribution in [1.82, 2.24) is 0 Å². The van der Waals surface area contributed by atoms with Gasteiger partial charge in [0.1, 0.15) is 0 Å². The fourth-order valence-corrected chi connectivity index (χ4v) is 2.17. The molecular weight excluding hydrogens is 191 g/mol. The molecule has 1 nitrogen and oxygen atoms in total. The molecule has 0 rings (SSSR count). The third-order valence-corrected chi connectivity index (χ3v) is 3.88. The molecule has 0 amide bonds. The van der Waals surface area contributed by atoms with Crippen LogP contribution in [-0.4, -0.2) is 5.66 Å². The Balaban J connectivity index is 3.29. The molecular formula is C12H25OP. The van der Waals surface area contributed by atoms with Crippen molar-refractivity contribution in [3.63, 3.8) is 0 Å². The smallest absolute Gasteiger partial charge is 0.158 e. The van der Waals surface area contributed by atoms with Crippen molar-refractivity contribution in [2.45, 2.75) is 71.4 Å². The maximum Gasteiger partial charge on any atom is 0.158 e. The number of hydrogen-bond acceptors (Lipinski definition) is 1. The van der Waals surface area contributed by atoms with Gasteiger partial charge in [0.2, 0.25) is 0 Å². The average molecular weight is 216 g/mol. The van der Waals surface area contributed by atoms with E-state index in [4.69, 9.17) is 0 Å². The lowest BCUT2D eigenvalue weighted by Crippen LogP contribution is -2.07. The molecule has 0 heterocycles. The van der Waals surface area contributed by atoms with E-state index in [0.29, 0.717) is 20.0 Å². The molecule has 0 bridgehead atoms. The lowest BCUT2D eigenvalue weighted by molar-refractivity contribution is 0.503. The topological polar surface area (TPSA) is 17.1 Å². The SMILES string of the molecule is CCCCCCCCC(P=O)C(C)C. The Labute approximate surface area is 90.9 Å². The summed E-state index contributed by atoms with van der Waals surface area (Å²) in [5, 5.41) is 0. The van der Waals surface area contributed by atoms with Gasteiger partial charge in [-0.15, -0.1) is 0 Å². The molecule has 0 aliphatic rings. The minimum Gasteiger partial charge on any atom is -0.275 e. The zero-order valence-electron chi connectivity index (χ0n) is 9.96. The monoisotopic (exact) mass is 216 g/mol. The van der Waals surface area contributed by atoms with E-state index in [2.05, 4.69) is 20.8 Å². The van der Waals surface area contributed by atoms with Gasteiger partial charge in [0.05, 0.1) is 0 Å². The van der Waals surface area contributed by atoms with Crippen LogP contribution < -0.4 is 0 Å². The molecule has 0 saturated heterocycles. The van der Waals surface area contributed by atoms with Crippen molar-refractivity contribution in [3.05, 3.63) is 0 Å². The average Bonchev–Trinajstić information content (AvgIpc) is 2.16. The molecule has 1 atom stereocenters. The van der Waals surface area contributed by atoms with E-state index in [1.807, 2.05) is 0 Å². The Bertz CT molecular complexity index is 134. The van der Waals surface area contributed by atoms with Crippen molar-refractivity contribution in [2.75, 3.05) is 0 Å². The molecule has 0 N–H and O–H groups in total. The standard InChI is InChI=1S/C12H25OP/c1-4-5-6-7-8-9-10-12(14-13)11(2)3/h11-12H,4-10H2,1-3H3. The van der Waals surface area contributed by atoms with Gasteiger partial charge in [0, 0.05) is 5.66 Å². The normalized spacial score (nSPS) is 13.7. The molecule has 0 aromatic rings. The maximum atomic E-state index is 10.8. The van der Waals surface area contributed by atoms with E-state index < -0.39 is 0 Å². The summed E-state index contributed by atoms with van der Waals surface area (Å²) in [6, 6.07) is 0. The minimum atomic E-state index is 0.344. The van der Waals surface area contributed by atoms with Crippen molar-refractivity contribution >= 4 is 8.46 Å². The summed E-state index contributed by atoms with van der Waals surface area (Å²) in [4.78, 5) is 0. The van der Waals surface area contributed by atoms with E-state index in [0.717, 1.165) is 6.42 Å². The van der Waals surface area contributed by atoms with Crippen LogP contribution in [0.25, 0.3) is 0 Å². The zero-order chi connectivity index (χ0) is 10.8. The molecule has 2 heteroatoms. The first-order valence-corrected chi connectivity index (χ1v) is 6.93. The summed E-state index contributed by atoms with van der Waals surface area (Å²) < 4.78 is 10.8. The lowest BCUT2D eigenvalue weighted by Gasteiger charge is -2.12. The Morgan fingerprint density at radius 2 is 1.57 bits per heavy atom. The Morgan fingerprint density at radius 3 is 2.07 bits per heavy atom. The highest BCUT2D eigenvalue weighted by Crippen LogP contribution is 2.23. The van der Waals surface area contributed by atoms with Crippen LogP contribution >= 0.6 is 8.46 Å². The van der Waals surface area contributed by atoms with Gasteiger partial charge < -0.3 is 0 Å². The van der Waals surface area contributed by atoms with Gasteiger partial charge in [0.25, 0.3) is 0 Å². The Kier molecular flexibility index (Phi) is 9.72. The number of unbranched alkanes of at least 4 members (excludes halogenated alkanes) is 5. The molecule has 0 spiro atoms. The first-order valence-electron chi connectivity index (χ1n) is 6.04. The van der Waals surface area contributed by atoms with E-state index in [1.165, 1.54) is 38.5 Å². The Hall–Kier alpha value is 0.100. The number of hydrogen-bond donors (Lipinski definition) is 0. The molecule has 0 aliphatic heterocycles. The van der Waals surface area contributed by atoms with Gasteiger partial charge in [0.15, 0.2) is 8.46 Å². The van der Waals surface area contributed by atoms with Crippen molar-refractivity contribution in [3.8, 4) is 0 Å². The van der Waals surface area contributed by atoms with Crippen LogP contribution in [0.15, 0.2) is 0 Å². The fourth-order valence-electron chi connectivity index (χ4n) is 1.64. The van der Waals surface area contributed by atoms with Crippen LogP contribution in [0.1, 0.15) is 65.7 Å². The van der Waals surface area contributed by atoms with Crippen LogP contribution in [-0.2, 0) is 4.57 Å². The molecule has 0 radical (unpaired) electrons. The van der Waals surface area contributed by atoms with Gasteiger partial charge in [-0.3, -0.25) is 4.57 Å². The summed E-state index contributed by atoms with van der Waals surface area (Å²) in [6.45, 7) is 6.56. The zero-order valence-corrected chi connectivity index (χ0v) is 10.9. The predicted octanol–water partition coefficient (Wildman–Crippen LogP) is 5.05. The van der Waals surface area contributed by atoms with Gasteiger partial charge in [-0.25, -0.2) is 0 Å². The molecule has 0 aromatic carbocycles. The Morgan fingerprint density at radius 1 is 1.00 bits per heavy atom. The second kappa shape index (κ2) is 9.65. The maximum absolute atomic E-state index is 10.8. The lowest BCUT2D eigenvalue weighted by atomic mass is 10.0. The van der Waals surface area contributed by atoms with Crippen molar-refractivity contribution in [2.24, 2.45) is 5.92 Å². The van der Waals surface area contributed by atoms with Crippen LogP contribution in [0.3, 0.4) is 0 Å². The fraction of sp³-hybridized carbons (Fsp3) is 1.00. The summed E-state index contributed by atoms with van der Waals surface area (Å²) >= 11 is 0. The number of rotatable bonds is 9. The van der Waals surface area contributed by atoms with Crippen LogP contribution in [0.2, 0.25) is 0 Å². The molecule has 0 saturated carbocycles. The first-order chi connectivity index (χ1) is 6.72. The largest absolute Gasteiger partial charge is 0.275 e. The molecule has 0 aromatic heterocycles. The molecule has 0 fully saturated rings. The second-order valence-electron chi connectivity index (χ2n) is 4.47. The van der Waals surface area contributed by atoms with Crippen molar-refractivity contribution < 1.29 is 4.57 Å². The molecule has 0 aliphatic carbocycles. The minimum absolute atomic E-state index is 0.344. The molecule has 84 valence electrons. The highest BCUT2D eigenvalue weighted by Gasteiger charge is 2.12. The van der Waals surface area contributed by atoms with E-state index in [1.54, 1.807) is 0 Å².